The summed E-state index contributed by atoms with van der Waals surface area (Å²) in [4.78, 5) is 22.5. The molecule has 2 heterocycles. The Bertz CT molecular complexity index is 261. The van der Waals surface area contributed by atoms with Crippen molar-refractivity contribution in [3.8, 4) is 0 Å². The van der Waals surface area contributed by atoms with Crippen LogP contribution in [0.1, 0.15) is 19.3 Å². The molecule has 0 spiro atoms. The summed E-state index contributed by atoms with van der Waals surface area (Å²) >= 11 is 0. The summed E-state index contributed by atoms with van der Waals surface area (Å²) in [6, 6.07) is -0.299. The molecule has 0 saturated carbocycles. The molecule has 84 valence electrons. The third-order valence-corrected chi connectivity index (χ3v) is 3.04. The number of hydrogen-bond donors (Lipinski definition) is 3. The second kappa shape index (κ2) is 4.61. The van der Waals surface area contributed by atoms with Crippen molar-refractivity contribution in [2.75, 3.05) is 19.6 Å². The van der Waals surface area contributed by atoms with E-state index < -0.39 is 0 Å². The van der Waals surface area contributed by atoms with Gasteiger partial charge in [-0.3, -0.25) is 9.59 Å². The summed E-state index contributed by atoms with van der Waals surface area (Å²) in [6.07, 6.45) is 2.23. The van der Waals surface area contributed by atoms with E-state index in [0.29, 0.717) is 18.8 Å². The minimum atomic E-state index is -0.299. The van der Waals surface area contributed by atoms with Gasteiger partial charge >= 0.3 is 0 Å². The van der Waals surface area contributed by atoms with Crippen LogP contribution in [0, 0.1) is 5.92 Å². The summed E-state index contributed by atoms with van der Waals surface area (Å²) in [5.41, 5.74) is 0. The molecule has 2 fully saturated rings. The van der Waals surface area contributed by atoms with Crippen LogP contribution in [0.4, 0.5) is 0 Å². The molecular formula is C10H17N3O2. The topological polar surface area (TPSA) is 70.2 Å². The lowest BCUT2D eigenvalue weighted by Gasteiger charge is -2.13. The Labute approximate surface area is 89.0 Å². The standard InChI is InChI=1S/C10H17N3O2/c14-9-2-1-8(13-9)10(15)12-6-7-3-4-11-5-7/h7-8,11H,1-6H2,(H,12,15)(H,13,14). The first-order valence-electron chi connectivity index (χ1n) is 5.53. The van der Waals surface area contributed by atoms with Gasteiger partial charge in [-0.2, -0.15) is 0 Å². The maximum Gasteiger partial charge on any atom is 0.242 e. The van der Waals surface area contributed by atoms with Gasteiger partial charge in [0.25, 0.3) is 0 Å². The van der Waals surface area contributed by atoms with Gasteiger partial charge < -0.3 is 16.0 Å². The average molecular weight is 211 g/mol. The van der Waals surface area contributed by atoms with Crippen LogP contribution in [0.25, 0.3) is 0 Å². The fraction of sp³-hybridized carbons (Fsp3) is 0.800. The van der Waals surface area contributed by atoms with Crippen LogP contribution in [-0.2, 0) is 9.59 Å². The van der Waals surface area contributed by atoms with Crippen molar-refractivity contribution in [3.63, 3.8) is 0 Å². The van der Waals surface area contributed by atoms with Crippen LogP contribution in [0.15, 0.2) is 0 Å². The molecule has 0 radical (unpaired) electrons. The largest absolute Gasteiger partial charge is 0.354 e. The van der Waals surface area contributed by atoms with E-state index in [1.165, 1.54) is 0 Å². The van der Waals surface area contributed by atoms with Crippen molar-refractivity contribution < 1.29 is 9.59 Å². The van der Waals surface area contributed by atoms with Crippen LogP contribution < -0.4 is 16.0 Å². The Morgan fingerprint density at radius 1 is 1.47 bits per heavy atom. The normalized spacial score (nSPS) is 30.3. The summed E-state index contributed by atoms with van der Waals surface area (Å²) in [7, 11) is 0. The molecule has 5 heteroatoms. The van der Waals surface area contributed by atoms with Crippen LogP contribution in [-0.4, -0.2) is 37.5 Å². The molecule has 0 aromatic heterocycles. The lowest BCUT2D eigenvalue weighted by Crippen LogP contribution is -2.43. The highest BCUT2D eigenvalue weighted by Crippen LogP contribution is 2.08. The summed E-state index contributed by atoms with van der Waals surface area (Å²) < 4.78 is 0. The Kier molecular flexibility index (Phi) is 3.20. The molecule has 0 aromatic carbocycles. The fourth-order valence-corrected chi connectivity index (χ4v) is 2.07. The Morgan fingerprint density at radius 2 is 2.33 bits per heavy atom. The van der Waals surface area contributed by atoms with E-state index in [0.717, 1.165) is 26.1 Å². The van der Waals surface area contributed by atoms with E-state index in [1.54, 1.807) is 0 Å². The van der Waals surface area contributed by atoms with Crippen molar-refractivity contribution >= 4 is 11.8 Å². The van der Waals surface area contributed by atoms with Gasteiger partial charge in [0, 0.05) is 13.0 Å². The zero-order valence-electron chi connectivity index (χ0n) is 8.71. The first-order valence-corrected chi connectivity index (χ1v) is 5.53. The summed E-state index contributed by atoms with van der Waals surface area (Å²) in [5.74, 6) is 0.497. The molecule has 2 rings (SSSR count). The van der Waals surface area contributed by atoms with Crippen molar-refractivity contribution in [2.45, 2.75) is 25.3 Å². The van der Waals surface area contributed by atoms with Crippen molar-refractivity contribution in [3.05, 3.63) is 0 Å². The smallest absolute Gasteiger partial charge is 0.242 e. The highest BCUT2D eigenvalue weighted by molar-refractivity contribution is 5.90. The Morgan fingerprint density at radius 3 is 2.93 bits per heavy atom. The molecule has 5 nitrogen and oxygen atoms in total. The number of carbonyl (C=O) groups is 2. The highest BCUT2D eigenvalue weighted by Gasteiger charge is 2.27. The first-order chi connectivity index (χ1) is 7.25. The van der Waals surface area contributed by atoms with Gasteiger partial charge in [-0.05, 0) is 31.8 Å². The SMILES string of the molecule is O=C1CCC(C(=O)NCC2CCNC2)N1. The summed E-state index contributed by atoms with van der Waals surface area (Å²) in [5, 5.41) is 8.81. The van der Waals surface area contributed by atoms with Crippen LogP contribution in [0.2, 0.25) is 0 Å². The number of nitrogens with one attached hydrogen (secondary N) is 3. The molecular weight excluding hydrogens is 194 g/mol. The molecule has 2 amide bonds. The highest BCUT2D eigenvalue weighted by atomic mass is 16.2. The Hall–Kier alpha value is -1.10. The lowest BCUT2D eigenvalue weighted by atomic mass is 10.1. The van der Waals surface area contributed by atoms with Gasteiger partial charge in [-0.25, -0.2) is 0 Å². The van der Waals surface area contributed by atoms with Gasteiger partial charge in [0.15, 0.2) is 0 Å². The molecule has 15 heavy (non-hydrogen) atoms. The second-order valence-corrected chi connectivity index (χ2v) is 4.26. The van der Waals surface area contributed by atoms with E-state index in [4.69, 9.17) is 0 Å². The minimum Gasteiger partial charge on any atom is -0.354 e. The maximum atomic E-state index is 11.6. The van der Waals surface area contributed by atoms with Gasteiger partial charge in [-0.1, -0.05) is 0 Å². The molecule has 2 saturated heterocycles. The first kappa shape index (κ1) is 10.4. The molecule has 2 aliphatic heterocycles. The monoisotopic (exact) mass is 211 g/mol. The number of hydrogen-bond acceptors (Lipinski definition) is 3. The number of rotatable bonds is 3. The van der Waals surface area contributed by atoms with E-state index in [2.05, 4.69) is 16.0 Å². The molecule has 2 unspecified atom stereocenters. The van der Waals surface area contributed by atoms with Gasteiger partial charge in [-0.15, -0.1) is 0 Å². The van der Waals surface area contributed by atoms with Crippen LogP contribution >= 0.6 is 0 Å². The van der Waals surface area contributed by atoms with E-state index >= 15 is 0 Å². The third kappa shape index (κ3) is 2.68. The molecule has 0 aromatic rings. The third-order valence-electron chi connectivity index (χ3n) is 3.04. The number of carbonyl (C=O) groups excluding carboxylic acids is 2. The zero-order chi connectivity index (χ0) is 10.7. The van der Waals surface area contributed by atoms with Crippen molar-refractivity contribution in [1.82, 2.24) is 16.0 Å². The predicted octanol–water partition coefficient (Wildman–Crippen LogP) is -1.01. The molecule has 0 bridgehead atoms. The van der Waals surface area contributed by atoms with Crippen molar-refractivity contribution in [1.29, 1.82) is 0 Å². The number of amides is 2. The lowest BCUT2D eigenvalue weighted by molar-refractivity contribution is -0.125. The average Bonchev–Trinajstić information content (AvgIpc) is 2.84. The van der Waals surface area contributed by atoms with Crippen LogP contribution in [0.5, 0.6) is 0 Å². The summed E-state index contributed by atoms with van der Waals surface area (Å²) in [6.45, 7) is 2.75. The van der Waals surface area contributed by atoms with E-state index in [1.807, 2.05) is 0 Å². The maximum absolute atomic E-state index is 11.6. The predicted molar refractivity (Wildman–Crippen MR) is 55.2 cm³/mol. The van der Waals surface area contributed by atoms with Gasteiger partial charge in [0.05, 0.1) is 0 Å². The van der Waals surface area contributed by atoms with Crippen molar-refractivity contribution in [2.24, 2.45) is 5.92 Å². The van der Waals surface area contributed by atoms with Crippen LogP contribution in [0.3, 0.4) is 0 Å². The molecule has 2 aliphatic rings. The van der Waals surface area contributed by atoms with Gasteiger partial charge in [0.2, 0.25) is 11.8 Å². The molecule has 0 aliphatic carbocycles. The molecule has 3 N–H and O–H groups in total. The molecule has 2 atom stereocenters. The fourth-order valence-electron chi connectivity index (χ4n) is 2.07. The van der Waals surface area contributed by atoms with Gasteiger partial charge in [0.1, 0.15) is 6.04 Å². The second-order valence-electron chi connectivity index (χ2n) is 4.26. The minimum absolute atomic E-state index is 0.0160. The Balaban J connectivity index is 1.70. The van der Waals surface area contributed by atoms with E-state index in [9.17, 15) is 9.59 Å². The van der Waals surface area contributed by atoms with E-state index in [-0.39, 0.29) is 17.9 Å². The zero-order valence-corrected chi connectivity index (χ0v) is 8.71. The quantitative estimate of drug-likeness (QED) is 0.560.